The highest BCUT2D eigenvalue weighted by atomic mass is 15.5. The Labute approximate surface area is 109 Å². The predicted octanol–water partition coefficient (Wildman–Crippen LogP) is 2.24. The number of hydrogen-bond donors (Lipinski definition) is 1. The zero-order valence-electron chi connectivity index (χ0n) is 11.2. The fourth-order valence-electron chi connectivity index (χ4n) is 2.78. The van der Waals surface area contributed by atoms with Crippen molar-refractivity contribution in [3.8, 4) is 0 Å². The maximum absolute atomic E-state index is 5.53. The molecule has 18 heavy (non-hydrogen) atoms. The zero-order valence-corrected chi connectivity index (χ0v) is 11.2. The smallest absolute Gasteiger partial charge is 0.154 e. The summed E-state index contributed by atoms with van der Waals surface area (Å²) in [6, 6.07) is 0. The van der Waals surface area contributed by atoms with Gasteiger partial charge in [-0.3, -0.25) is 0 Å². The van der Waals surface area contributed by atoms with Gasteiger partial charge in [0, 0.05) is 12.5 Å². The topological polar surface area (TPSA) is 69.6 Å². The molecule has 0 unspecified atom stereocenters. The Bertz CT molecular complexity index is 328. The van der Waals surface area contributed by atoms with Crippen LogP contribution in [0.4, 0.5) is 0 Å². The van der Waals surface area contributed by atoms with Crippen LogP contribution >= 0.6 is 0 Å². The van der Waals surface area contributed by atoms with Crippen LogP contribution in [0.5, 0.6) is 0 Å². The molecule has 1 aromatic rings. The first-order valence-corrected chi connectivity index (χ1v) is 7.38. The number of unbranched alkanes of at least 4 members (excludes halogenated alkanes) is 1. The number of nitrogens with zero attached hydrogens (tertiary/aromatic N) is 4. The maximum atomic E-state index is 5.53. The molecule has 1 fully saturated rings. The van der Waals surface area contributed by atoms with Gasteiger partial charge in [-0.15, -0.1) is 5.10 Å². The quantitative estimate of drug-likeness (QED) is 0.815. The Balaban J connectivity index is 1.95. The summed E-state index contributed by atoms with van der Waals surface area (Å²) in [5, 5.41) is 12.3. The summed E-state index contributed by atoms with van der Waals surface area (Å²) in [5.41, 5.74) is 5.53. The number of aromatic nitrogens is 4. The zero-order chi connectivity index (χ0) is 12.6. The third-order valence-electron chi connectivity index (χ3n) is 3.85. The van der Waals surface area contributed by atoms with Gasteiger partial charge in [0.15, 0.2) is 5.82 Å². The Morgan fingerprint density at radius 1 is 1.06 bits per heavy atom. The van der Waals surface area contributed by atoms with Crippen molar-refractivity contribution >= 4 is 0 Å². The van der Waals surface area contributed by atoms with Crippen molar-refractivity contribution in [2.45, 2.75) is 70.3 Å². The summed E-state index contributed by atoms with van der Waals surface area (Å²) in [7, 11) is 0. The van der Waals surface area contributed by atoms with Gasteiger partial charge in [0.05, 0.1) is 0 Å². The van der Waals surface area contributed by atoms with E-state index in [9.17, 15) is 0 Å². The molecule has 2 N–H and O–H groups in total. The molecular weight excluding hydrogens is 226 g/mol. The molecule has 1 aromatic heterocycles. The van der Waals surface area contributed by atoms with Gasteiger partial charge in [-0.1, -0.05) is 32.1 Å². The molecule has 1 aliphatic carbocycles. The summed E-state index contributed by atoms with van der Waals surface area (Å²) in [6.07, 6.45) is 11.4. The summed E-state index contributed by atoms with van der Waals surface area (Å²) in [5.74, 6) is 1.67. The third-order valence-corrected chi connectivity index (χ3v) is 3.85. The Morgan fingerprint density at radius 3 is 2.50 bits per heavy atom. The van der Waals surface area contributed by atoms with Crippen LogP contribution in [-0.2, 0) is 6.54 Å². The van der Waals surface area contributed by atoms with Gasteiger partial charge in [-0.05, 0) is 42.7 Å². The molecular formula is C13H25N5. The molecule has 0 aliphatic heterocycles. The van der Waals surface area contributed by atoms with Gasteiger partial charge < -0.3 is 5.73 Å². The van der Waals surface area contributed by atoms with E-state index in [1.165, 1.54) is 44.9 Å². The van der Waals surface area contributed by atoms with Crippen molar-refractivity contribution in [2.24, 2.45) is 5.73 Å². The normalized spacial score (nSPS) is 18.5. The molecule has 2 rings (SSSR count). The van der Waals surface area contributed by atoms with Crippen molar-refractivity contribution in [1.82, 2.24) is 20.2 Å². The molecule has 5 nitrogen and oxygen atoms in total. The van der Waals surface area contributed by atoms with E-state index in [0.29, 0.717) is 5.92 Å². The average molecular weight is 251 g/mol. The van der Waals surface area contributed by atoms with Crippen molar-refractivity contribution in [3.63, 3.8) is 0 Å². The maximum Gasteiger partial charge on any atom is 0.154 e. The van der Waals surface area contributed by atoms with Crippen LogP contribution in [0.1, 0.15) is 69.5 Å². The van der Waals surface area contributed by atoms with Crippen molar-refractivity contribution in [1.29, 1.82) is 0 Å². The second kappa shape index (κ2) is 7.46. The third kappa shape index (κ3) is 3.77. The molecule has 0 aromatic carbocycles. The molecule has 0 radical (unpaired) electrons. The first kappa shape index (κ1) is 13.5. The number of aryl methyl sites for hydroxylation is 1. The first-order chi connectivity index (χ1) is 8.92. The fourth-order valence-corrected chi connectivity index (χ4v) is 2.78. The van der Waals surface area contributed by atoms with Crippen LogP contribution in [0.3, 0.4) is 0 Å². The molecule has 0 bridgehead atoms. The van der Waals surface area contributed by atoms with E-state index < -0.39 is 0 Å². The van der Waals surface area contributed by atoms with Crippen LogP contribution in [0.15, 0.2) is 0 Å². The lowest BCUT2D eigenvalue weighted by atomic mass is 9.90. The van der Waals surface area contributed by atoms with Crippen LogP contribution in [0.25, 0.3) is 0 Å². The van der Waals surface area contributed by atoms with Crippen molar-refractivity contribution in [3.05, 3.63) is 5.82 Å². The minimum Gasteiger partial charge on any atom is -0.330 e. The number of rotatable bonds is 5. The average Bonchev–Trinajstić information content (AvgIpc) is 2.77. The lowest BCUT2D eigenvalue weighted by molar-refractivity contribution is 0.417. The Kier molecular flexibility index (Phi) is 5.58. The molecule has 102 valence electrons. The standard InChI is InChI=1S/C13H25N5/c14-10-6-7-11-18-13(15-16-17-18)12-8-4-2-1-3-5-9-12/h12H,1-11,14H2. The lowest BCUT2D eigenvalue weighted by Crippen LogP contribution is -2.13. The van der Waals surface area contributed by atoms with Gasteiger partial charge in [-0.2, -0.15) is 0 Å². The highest BCUT2D eigenvalue weighted by Gasteiger charge is 2.19. The molecule has 1 aliphatic rings. The second-order valence-corrected chi connectivity index (χ2v) is 5.30. The minimum atomic E-state index is 0.568. The van der Waals surface area contributed by atoms with Crippen LogP contribution in [-0.4, -0.2) is 26.8 Å². The van der Waals surface area contributed by atoms with Crippen LogP contribution < -0.4 is 5.73 Å². The fraction of sp³-hybridized carbons (Fsp3) is 0.923. The summed E-state index contributed by atoms with van der Waals surface area (Å²) >= 11 is 0. The predicted molar refractivity (Wildman–Crippen MR) is 71.2 cm³/mol. The molecule has 0 amide bonds. The summed E-state index contributed by atoms with van der Waals surface area (Å²) in [4.78, 5) is 0. The largest absolute Gasteiger partial charge is 0.330 e. The van der Waals surface area contributed by atoms with Crippen molar-refractivity contribution in [2.75, 3.05) is 6.54 Å². The van der Waals surface area contributed by atoms with Crippen molar-refractivity contribution < 1.29 is 0 Å². The van der Waals surface area contributed by atoms with Crippen LogP contribution in [0, 0.1) is 0 Å². The molecule has 0 spiro atoms. The Morgan fingerprint density at radius 2 is 1.78 bits per heavy atom. The van der Waals surface area contributed by atoms with E-state index in [1.807, 2.05) is 4.68 Å². The SMILES string of the molecule is NCCCCn1nnnc1C1CCCCCCC1. The van der Waals surface area contributed by atoms with Gasteiger partial charge in [0.25, 0.3) is 0 Å². The highest BCUT2D eigenvalue weighted by Crippen LogP contribution is 2.29. The molecule has 0 saturated heterocycles. The molecule has 0 atom stereocenters. The van der Waals surface area contributed by atoms with Gasteiger partial charge in [-0.25, -0.2) is 4.68 Å². The summed E-state index contributed by atoms with van der Waals surface area (Å²) < 4.78 is 2.00. The van der Waals surface area contributed by atoms with E-state index >= 15 is 0 Å². The van der Waals surface area contributed by atoms with E-state index in [2.05, 4.69) is 15.5 Å². The first-order valence-electron chi connectivity index (χ1n) is 7.38. The molecule has 5 heteroatoms. The van der Waals surface area contributed by atoms with Gasteiger partial charge >= 0.3 is 0 Å². The van der Waals surface area contributed by atoms with E-state index in [4.69, 9.17) is 5.73 Å². The number of hydrogen-bond acceptors (Lipinski definition) is 4. The monoisotopic (exact) mass is 251 g/mol. The number of nitrogens with two attached hydrogens (primary N) is 1. The van der Waals surface area contributed by atoms with Gasteiger partial charge in [0.1, 0.15) is 0 Å². The summed E-state index contributed by atoms with van der Waals surface area (Å²) in [6.45, 7) is 1.66. The van der Waals surface area contributed by atoms with Gasteiger partial charge in [0.2, 0.25) is 0 Å². The highest BCUT2D eigenvalue weighted by molar-refractivity contribution is 4.94. The molecule has 1 heterocycles. The van der Waals surface area contributed by atoms with E-state index in [1.54, 1.807) is 0 Å². The Hall–Kier alpha value is -0.970. The number of tetrazole rings is 1. The minimum absolute atomic E-state index is 0.568. The van der Waals surface area contributed by atoms with E-state index in [-0.39, 0.29) is 0 Å². The lowest BCUT2D eigenvalue weighted by Gasteiger charge is -2.18. The second-order valence-electron chi connectivity index (χ2n) is 5.30. The van der Waals surface area contributed by atoms with Crippen LogP contribution in [0.2, 0.25) is 0 Å². The van der Waals surface area contributed by atoms with E-state index in [0.717, 1.165) is 31.8 Å². The molecule has 1 saturated carbocycles.